The van der Waals surface area contributed by atoms with Gasteiger partial charge in [0, 0.05) is 34.9 Å². The minimum Gasteiger partial charge on any atom is -0.427 e. The van der Waals surface area contributed by atoms with Crippen molar-refractivity contribution in [1.82, 2.24) is 9.80 Å². The summed E-state index contributed by atoms with van der Waals surface area (Å²) in [5, 5.41) is 11.5. The Morgan fingerprint density at radius 2 is 2.00 bits per heavy atom. The normalized spacial score (nSPS) is 28.2. The Balaban J connectivity index is 1.47. The fraction of sp³-hybridized carbons (Fsp3) is 0.727. The summed E-state index contributed by atoms with van der Waals surface area (Å²) in [6.07, 6.45) is -0.799. The third-order valence-corrected chi connectivity index (χ3v) is 8.76. The van der Waals surface area contributed by atoms with Gasteiger partial charge in [0.15, 0.2) is 5.17 Å². The number of thioether (sulfide) groups is 2. The molecule has 0 aromatic heterocycles. The van der Waals surface area contributed by atoms with Crippen molar-refractivity contribution in [3.63, 3.8) is 0 Å². The fourth-order valence-corrected chi connectivity index (χ4v) is 6.85. The Hall–Kier alpha value is -1.72. The van der Waals surface area contributed by atoms with Crippen molar-refractivity contribution < 1.29 is 29.0 Å². The molecule has 4 rings (SSSR count). The van der Waals surface area contributed by atoms with E-state index in [0.717, 1.165) is 35.5 Å². The van der Waals surface area contributed by atoms with E-state index in [1.807, 2.05) is 6.92 Å². The van der Waals surface area contributed by atoms with Crippen LogP contribution in [0.1, 0.15) is 34.6 Å². The van der Waals surface area contributed by atoms with Gasteiger partial charge in [-0.1, -0.05) is 18.7 Å². The van der Waals surface area contributed by atoms with Gasteiger partial charge in [0.05, 0.1) is 30.0 Å². The Kier molecular flexibility index (Phi) is 6.76. The van der Waals surface area contributed by atoms with Crippen molar-refractivity contribution in [3.05, 3.63) is 10.6 Å². The molecule has 0 aromatic rings. The largest absolute Gasteiger partial charge is 0.427 e. The minimum absolute atomic E-state index is 0.0979. The van der Waals surface area contributed by atoms with E-state index in [1.165, 1.54) is 4.90 Å². The van der Waals surface area contributed by atoms with Crippen molar-refractivity contribution in [2.24, 2.45) is 22.2 Å². The first kappa shape index (κ1) is 24.4. The zero-order valence-corrected chi connectivity index (χ0v) is 21.2. The van der Waals surface area contributed by atoms with Crippen LogP contribution < -0.4 is 0 Å². The third kappa shape index (κ3) is 4.51. The molecule has 4 atom stereocenters. The zero-order chi connectivity index (χ0) is 24.1. The molecule has 182 valence electrons. The average Bonchev–Trinajstić information content (AvgIpc) is 3.29. The van der Waals surface area contributed by atoms with E-state index < -0.39 is 36.2 Å². The van der Waals surface area contributed by atoms with Gasteiger partial charge in [-0.25, -0.2) is 4.79 Å². The molecule has 9 nitrogen and oxygen atoms in total. The monoisotopic (exact) mass is 497 g/mol. The highest BCUT2D eigenvalue weighted by Gasteiger charge is 2.60. The van der Waals surface area contributed by atoms with Gasteiger partial charge < -0.3 is 24.4 Å². The van der Waals surface area contributed by atoms with Crippen molar-refractivity contribution in [2.75, 3.05) is 32.2 Å². The molecule has 0 radical (unpaired) electrons. The Morgan fingerprint density at radius 1 is 1.30 bits per heavy atom. The molecule has 0 spiro atoms. The molecule has 33 heavy (non-hydrogen) atoms. The number of esters is 2. The van der Waals surface area contributed by atoms with Crippen LogP contribution in [0, 0.1) is 17.3 Å². The number of likely N-dealkylation sites (tertiary alicyclic amines) is 1. The van der Waals surface area contributed by atoms with Crippen LogP contribution >= 0.6 is 23.5 Å². The maximum atomic E-state index is 13.0. The Morgan fingerprint density at radius 3 is 2.58 bits per heavy atom. The number of hydrogen-bond acceptors (Lipinski definition) is 10. The topological polar surface area (TPSA) is 109 Å². The predicted molar refractivity (Wildman–Crippen MR) is 126 cm³/mol. The number of amides is 1. The number of carbonyl (C=O) groups excluding carboxylic acids is 3. The Bertz CT molecular complexity index is 906. The number of β-lactam (4-membered cyclic amide) rings is 1. The molecule has 2 saturated heterocycles. The van der Waals surface area contributed by atoms with Crippen LogP contribution in [0.25, 0.3) is 0 Å². The highest BCUT2D eigenvalue weighted by Crippen LogP contribution is 2.52. The van der Waals surface area contributed by atoms with Crippen LogP contribution in [0.3, 0.4) is 0 Å². The first-order chi connectivity index (χ1) is 15.5. The van der Waals surface area contributed by atoms with Gasteiger partial charge in [0.2, 0.25) is 12.7 Å². The maximum Gasteiger partial charge on any atom is 0.358 e. The summed E-state index contributed by atoms with van der Waals surface area (Å²) >= 11 is 3.36. The second kappa shape index (κ2) is 9.14. The van der Waals surface area contributed by atoms with Gasteiger partial charge in [-0.2, -0.15) is 0 Å². The van der Waals surface area contributed by atoms with Gasteiger partial charge in [0.1, 0.15) is 5.70 Å². The number of aliphatic imine (C=N–C) groups is 1. The van der Waals surface area contributed by atoms with E-state index in [0.29, 0.717) is 0 Å². The second-order valence-electron chi connectivity index (χ2n) is 9.86. The first-order valence-corrected chi connectivity index (χ1v) is 13.1. The SMILES string of the molecule is CC(O)[C@H]1C(=O)N2C(C(=O)OCOC(=O)C(C)(C)C)=C(SC3CN(C4=NCCS4)C3)C(C)[C@@H]12. The van der Waals surface area contributed by atoms with Crippen LogP contribution in [0.5, 0.6) is 0 Å². The van der Waals surface area contributed by atoms with E-state index in [9.17, 15) is 19.5 Å². The predicted octanol–water partition coefficient (Wildman–Crippen LogP) is 1.67. The van der Waals surface area contributed by atoms with E-state index in [1.54, 1.807) is 51.2 Å². The lowest BCUT2D eigenvalue weighted by molar-refractivity contribution is -0.175. The number of aliphatic hydroxyl groups is 1. The molecule has 2 unspecified atom stereocenters. The van der Waals surface area contributed by atoms with Gasteiger partial charge in [-0.15, -0.1) is 11.8 Å². The van der Waals surface area contributed by atoms with E-state index in [-0.39, 0.29) is 28.8 Å². The maximum absolute atomic E-state index is 13.0. The minimum atomic E-state index is -0.799. The van der Waals surface area contributed by atoms with Crippen molar-refractivity contribution in [3.8, 4) is 0 Å². The third-order valence-electron chi connectivity index (χ3n) is 6.28. The number of aliphatic hydroxyl groups excluding tert-OH is 1. The van der Waals surface area contributed by atoms with Crippen LogP contribution in [0.4, 0.5) is 0 Å². The number of rotatable bonds is 6. The number of hydrogen-bond donors (Lipinski definition) is 1. The van der Waals surface area contributed by atoms with E-state index in [2.05, 4.69) is 9.89 Å². The van der Waals surface area contributed by atoms with Crippen LogP contribution in [-0.2, 0) is 23.9 Å². The lowest BCUT2D eigenvalue weighted by atomic mass is 9.79. The molecule has 0 saturated carbocycles. The molecule has 4 aliphatic heterocycles. The fourth-order valence-electron chi connectivity index (χ4n) is 4.45. The van der Waals surface area contributed by atoms with Gasteiger partial charge in [-0.05, 0) is 27.7 Å². The smallest absolute Gasteiger partial charge is 0.358 e. The summed E-state index contributed by atoms with van der Waals surface area (Å²) in [6.45, 7) is 10.7. The van der Waals surface area contributed by atoms with E-state index >= 15 is 0 Å². The molecular weight excluding hydrogens is 466 g/mol. The summed E-state index contributed by atoms with van der Waals surface area (Å²) in [7, 11) is 0. The molecule has 0 bridgehead atoms. The average molecular weight is 498 g/mol. The second-order valence-corrected chi connectivity index (χ2v) is 12.3. The molecule has 0 aromatic carbocycles. The number of ether oxygens (including phenoxy) is 2. The molecule has 0 aliphatic carbocycles. The number of nitrogens with zero attached hydrogens (tertiary/aromatic N) is 3. The standard InChI is InChI=1S/C22H31N3O6S2/c1-11-15-14(12(2)26)18(27)25(15)16(19(28)30-10-31-20(29)22(3,4)5)17(11)33-13-8-24(9-13)21-23-6-7-32-21/h11-15,26H,6-10H2,1-5H3/t11?,12?,14-,15+/m1/s1. The number of amidine groups is 1. The highest BCUT2D eigenvalue weighted by atomic mass is 32.2. The van der Waals surface area contributed by atoms with Gasteiger partial charge in [-0.3, -0.25) is 14.6 Å². The first-order valence-electron chi connectivity index (χ1n) is 11.2. The molecule has 4 heterocycles. The van der Waals surface area contributed by atoms with Gasteiger partial charge >= 0.3 is 11.9 Å². The molecule has 1 N–H and O–H groups in total. The Labute approximate surface area is 202 Å². The van der Waals surface area contributed by atoms with Crippen molar-refractivity contribution in [2.45, 2.75) is 52.0 Å². The number of fused-ring (bicyclic) bond motifs is 1. The van der Waals surface area contributed by atoms with E-state index in [4.69, 9.17) is 9.47 Å². The summed E-state index contributed by atoms with van der Waals surface area (Å²) in [5.41, 5.74) is -0.493. The quantitative estimate of drug-likeness (QED) is 0.333. The molecule has 1 amide bonds. The summed E-state index contributed by atoms with van der Waals surface area (Å²) in [6, 6.07) is -0.273. The lowest BCUT2D eigenvalue weighted by Gasteiger charge is -2.46. The molecule has 4 aliphatic rings. The van der Waals surface area contributed by atoms with Crippen LogP contribution in [0.2, 0.25) is 0 Å². The molecule has 2 fully saturated rings. The zero-order valence-electron chi connectivity index (χ0n) is 19.6. The lowest BCUT2D eigenvalue weighted by Crippen LogP contribution is -2.63. The summed E-state index contributed by atoms with van der Waals surface area (Å²) in [5.74, 6) is -1.06. The molecule has 11 heteroatoms. The highest BCUT2D eigenvalue weighted by molar-refractivity contribution is 8.14. The van der Waals surface area contributed by atoms with Crippen molar-refractivity contribution in [1.29, 1.82) is 0 Å². The number of carbonyl (C=O) groups is 3. The molecular formula is C22H31N3O6S2. The van der Waals surface area contributed by atoms with Crippen molar-refractivity contribution >= 4 is 46.5 Å². The van der Waals surface area contributed by atoms with Gasteiger partial charge in [0.25, 0.3) is 0 Å². The summed E-state index contributed by atoms with van der Waals surface area (Å²) < 4.78 is 10.3. The van der Waals surface area contributed by atoms with Crippen LogP contribution in [-0.4, -0.2) is 87.5 Å². The summed E-state index contributed by atoms with van der Waals surface area (Å²) in [4.78, 5) is 46.8. The van der Waals surface area contributed by atoms with Crippen LogP contribution in [0.15, 0.2) is 15.6 Å².